The Hall–Kier alpha value is -0.540. The zero-order chi connectivity index (χ0) is 8.55. The van der Waals surface area contributed by atoms with Crippen LogP contribution in [0.1, 0.15) is 11.1 Å². The van der Waals surface area contributed by atoms with Crippen molar-refractivity contribution >= 4 is 15.9 Å². The van der Waals surface area contributed by atoms with Crippen LogP contribution in [0, 0.1) is 6.92 Å². The smallest absolute Gasteiger partial charge is 0.189 e. The first-order chi connectivity index (χ1) is 5.77. The van der Waals surface area contributed by atoms with E-state index in [-0.39, 0.29) is 0 Å². The van der Waals surface area contributed by atoms with E-state index in [2.05, 4.69) is 28.9 Å². The summed E-state index contributed by atoms with van der Waals surface area (Å²) in [5.41, 5.74) is 2.34. The van der Waals surface area contributed by atoms with Crippen molar-refractivity contribution in [1.29, 1.82) is 0 Å². The molecule has 2 nitrogen and oxygen atoms in total. The third-order valence-electron chi connectivity index (χ3n) is 1.81. The van der Waals surface area contributed by atoms with Gasteiger partial charge in [0.1, 0.15) is 5.75 Å². The van der Waals surface area contributed by atoms with Crippen LogP contribution in [0.2, 0.25) is 0 Å². The number of benzene rings is 1. The van der Waals surface area contributed by atoms with E-state index in [0.29, 0.717) is 13.4 Å². The van der Waals surface area contributed by atoms with Crippen LogP contribution in [0.15, 0.2) is 16.6 Å². The molecule has 0 spiro atoms. The molecule has 0 N–H and O–H groups in total. The van der Waals surface area contributed by atoms with Crippen LogP contribution in [0.25, 0.3) is 0 Å². The van der Waals surface area contributed by atoms with Gasteiger partial charge in [0.2, 0.25) is 0 Å². The van der Waals surface area contributed by atoms with Crippen molar-refractivity contribution in [2.75, 3.05) is 6.79 Å². The van der Waals surface area contributed by atoms with E-state index in [0.717, 1.165) is 15.8 Å². The van der Waals surface area contributed by atoms with Crippen molar-refractivity contribution in [3.05, 3.63) is 27.7 Å². The van der Waals surface area contributed by atoms with Gasteiger partial charge in [-0.05, 0) is 40.5 Å². The Morgan fingerprint density at radius 1 is 1.42 bits per heavy atom. The molecule has 0 aromatic heterocycles. The molecule has 0 saturated carbocycles. The van der Waals surface area contributed by atoms with E-state index >= 15 is 0 Å². The lowest BCUT2D eigenvalue weighted by molar-refractivity contribution is -0.0169. The van der Waals surface area contributed by atoms with Crippen molar-refractivity contribution in [3.8, 4) is 5.75 Å². The highest BCUT2D eigenvalue weighted by Gasteiger charge is 2.13. The quantitative estimate of drug-likeness (QED) is 0.680. The Morgan fingerprint density at radius 3 is 3.08 bits per heavy atom. The lowest BCUT2D eigenvalue weighted by Crippen LogP contribution is -2.11. The molecule has 2 rings (SSSR count). The van der Waals surface area contributed by atoms with Crippen molar-refractivity contribution in [2.45, 2.75) is 13.5 Å². The van der Waals surface area contributed by atoms with Gasteiger partial charge in [0.25, 0.3) is 0 Å². The predicted octanol–water partition coefficient (Wildman–Crippen LogP) is 2.62. The summed E-state index contributed by atoms with van der Waals surface area (Å²) in [5, 5.41) is 0. The molecule has 3 heteroatoms. The molecular formula is C9H9BrO2. The predicted molar refractivity (Wildman–Crippen MR) is 49.2 cm³/mol. The number of ether oxygens (including phenoxy) is 2. The molecule has 1 aromatic rings. The Labute approximate surface area is 79.6 Å². The van der Waals surface area contributed by atoms with E-state index in [9.17, 15) is 0 Å². The number of aryl methyl sites for hydroxylation is 1. The van der Waals surface area contributed by atoms with Gasteiger partial charge in [0, 0.05) is 5.56 Å². The topological polar surface area (TPSA) is 18.5 Å². The fourth-order valence-electron chi connectivity index (χ4n) is 1.32. The lowest BCUT2D eigenvalue weighted by Gasteiger charge is -2.19. The number of hydrogen-bond donors (Lipinski definition) is 0. The molecule has 1 aromatic carbocycles. The minimum Gasteiger partial charge on any atom is -0.466 e. The number of rotatable bonds is 0. The van der Waals surface area contributed by atoms with Crippen LogP contribution < -0.4 is 4.74 Å². The highest BCUT2D eigenvalue weighted by molar-refractivity contribution is 9.10. The first kappa shape index (κ1) is 8.08. The standard InChI is InChI=1S/C9H9BrO2/c1-6-2-7-4-11-5-12-9(7)8(10)3-6/h2-3H,4-5H2,1H3. The fourth-order valence-corrected chi connectivity index (χ4v) is 2.05. The zero-order valence-corrected chi connectivity index (χ0v) is 8.35. The highest BCUT2D eigenvalue weighted by atomic mass is 79.9. The van der Waals surface area contributed by atoms with Crippen LogP contribution in [-0.2, 0) is 11.3 Å². The largest absolute Gasteiger partial charge is 0.466 e. The summed E-state index contributed by atoms with van der Waals surface area (Å²) in [7, 11) is 0. The summed E-state index contributed by atoms with van der Waals surface area (Å²) in [6.07, 6.45) is 0. The Kier molecular flexibility index (Phi) is 2.07. The van der Waals surface area contributed by atoms with E-state index in [1.165, 1.54) is 5.56 Å². The van der Waals surface area contributed by atoms with E-state index < -0.39 is 0 Å². The number of hydrogen-bond acceptors (Lipinski definition) is 2. The second kappa shape index (κ2) is 3.07. The first-order valence-corrected chi connectivity index (χ1v) is 4.56. The van der Waals surface area contributed by atoms with Crippen LogP contribution in [0.5, 0.6) is 5.75 Å². The second-order valence-electron chi connectivity index (χ2n) is 2.85. The van der Waals surface area contributed by atoms with Crippen LogP contribution >= 0.6 is 15.9 Å². The van der Waals surface area contributed by atoms with Crippen molar-refractivity contribution in [1.82, 2.24) is 0 Å². The maximum atomic E-state index is 5.34. The molecule has 0 unspecified atom stereocenters. The Morgan fingerprint density at radius 2 is 2.25 bits per heavy atom. The second-order valence-corrected chi connectivity index (χ2v) is 3.70. The van der Waals surface area contributed by atoms with Gasteiger partial charge in [0.15, 0.2) is 6.79 Å². The molecule has 1 aliphatic rings. The molecular weight excluding hydrogens is 220 g/mol. The fraction of sp³-hybridized carbons (Fsp3) is 0.333. The minimum absolute atomic E-state index is 0.356. The molecule has 0 bridgehead atoms. The summed E-state index contributed by atoms with van der Waals surface area (Å²) >= 11 is 3.45. The Bertz CT molecular complexity index is 310. The maximum Gasteiger partial charge on any atom is 0.189 e. The summed E-state index contributed by atoms with van der Waals surface area (Å²) in [4.78, 5) is 0. The van der Waals surface area contributed by atoms with Gasteiger partial charge in [0.05, 0.1) is 11.1 Å². The van der Waals surface area contributed by atoms with E-state index in [4.69, 9.17) is 9.47 Å². The van der Waals surface area contributed by atoms with Gasteiger partial charge in [-0.25, -0.2) is 0 Å². The summed E-state index contributed by atoms with van der Waals surface area (Å²) in [6, 6.07) is 4.13. The van der Waals surface area contributed by atoms with Crippen molar-refractivity contribution in [2.24, 2.45) is 0 Å². The third kappa shape index (κ3) is 1.34. The van der Waals surface area contributed by atoms with Gasteiger partial charge in [-0.3, -0.25) is 0 Å². The minimum atomic E-state index is 0.356. The van der Waals surface area contributed by atoms with Crippen LogP contribution in [0.4, 0.5) is 0 Å². The molecule has 0 saturated heterocycles. The zero-order valence-electron chi connectivity index (χ0n) is 6.76. The lowest BCUT2D eigenvalue weighted by atomic mass is 10.1. The molecule has 1 heterocycles. The molecule has 0 radical (unpaired) electrons. The summed E-state index contributed by atoms with van der Waals surface area (Å²) < 4.78 is 11.5. The van der Waals surface area contributed by atoms with Gasteiger partial charge >= 0.3 is 0 Å². The van der Waals surface area contributed by atoms with Gasteiger partial charge < -0.3 is 9.47 Å². The average Bonchev–Trinajstić information content (AvgIpc) is 2.04. The van der Waals surface area contributed by atoms with Crippen LogP contribution in [-0.4, -0.2) is 6.79 Å². The summed E-state index contributed by atoms with van der Waals surface area (Å²) in [6.45, 7) is 3.06. The molecule has 0 aliphatic carbocycles. The number of fused-ring (bicyclic) bond motifs is 1. The highest BCUT2D eigenvalue weighted by Crippen LogP contribution is 2.33. The molecule has 0 amide bonds. The van der Waals surface area contributed by atoms with E-state index in [1.54, 1.807) is 0 Å². The average molecular weight is 229 g/mol. The summed E-state index contributed by atoms with van der Waals surface area (Å²) in [5.74, 6) is 0.923. The van der Waals surface area contributed by atoms with Crippen molar-refractivity contribution < 1.29 is 9.47 Å². The SMILES string of the molecule is Cc1cc(Br)c2c(c1)COCO2. The Balaban J connectivity index is 2.53. The molecule has 12 heavy (non-hydrogen) atoms. The molecule has 0 atom stereocenters. The van der Waals surface area contributed by atoms with Gasteiger partial charge in [-0.15, -0.1) is 0 Å². The van der Waals surface area contributed by atoms with Gasteiger partial charge in [-0.2, -0.15) is 0 Å². The monoisotopic (exact) mass is 228 g/mol. The molecule has 1 aliphatic heterocycles. The van der Waals surface area contributed by atoms with E-state index in [1.807, 2.05) is 6.07 Å². The van der Waals surface area contributed by atoms with Crippen molar-refractivity contribution in [3.63, 3.8) is 0 Å². The molecule has 0 fully saturated rings. The number of halogens is 1. The first-order valence-electron chi connectivity index (χ1n) is 3.77. The maximum absolute atomic E-state index is 5.34. The normalized spacial score (nSPS) is 15.2. The van der Waals surface area contributed by atoms with Crippen LogP contribution in [0.3, 0.4) is 0 Å². The third-order valence-corrected chi connectivity index (χ3v) is 2.40. The molecule has 64 valence electrons. The van der Waals surface area contributed by atoms with Gasteiger partial charge in [-0.1, -0.05) is 0 Å².